The van der Waals surface area contributed by atoms with E-state index in [9.17, 15) is 9.18 Å². The van der Waals surface area contributed by atoms with Gasteiger partial charge < -0.3 is 9.73 Å². The van der Waals surface area contributed by atoms with E-state index in [-0.39, 0.29) is 5.11 Å². The van der Waals surface area contributed by atoms with Gasteiger partial charge in [0.15, 0.2) is 10.7 Å². The van der Waals surface area contributed by atoms with Crippen molar-refractivity contribution in [1.82, 2.24) is 10.3 Å². The molecular weight excluding hydrogens is 389 g/mol. The summed E-state index contributed by atoms with van der Waals surface area (Å²) >= 11 is 5.25. The van der Waals surface area contributed by atoms with E-state index in [2.05, 4.69) is 15.6 Å². The number of aromatic nitrogens is 1. The summed E-state index contributed by atoms with van der Waals surface area (Å²) in [7, 11) is 0. The molecule has 5 nitrogen and oxygen atoms in total. The molecule has 0 aliphatic heterocycles. The Balaban J connectivity index is 1.53. The van der Waals surface area contributed by atoms with Crippen LogP contribution in [0.2, 0.25) is 0 Å². The molecule has 4 rings (SSSR count). The number of anilines is 1. The van der Waals surface area contributed by atoms with Gasteiger partial charge in [0.05, 0.1) is 0 Å². The van der Waals surface area contributed by atoms with Crippen LogP contribution in [-0.4, -0.2) is 16.0 Å². The molecule has 4 aromatic rings. The SMILES string of the molecule is Cc1c(NC(=S)NC(=O)c2ccc(F)cc2)cccc1-c1nc2ccccc2o1. The fourth-order valence-electron chi connectivity index (χ4n) is 2.92. The molecule has 1 amide bonds. The zero-order chi connectivity index (χ0) is 20.4. The highest BCUT2D eigenvalue weighted by atomic mass is 32.1. The molecule has 7 heteroatoms. The van der Waals surface area contributed by atoms with Gasteiger partial charge in [-0.3, -0.25) is 10.1 Å². The summed E-state index contributed by atoms with van der Waals surface area (Å²) < 4.78 is 18.9. The summed E-state index contributed by atoms with van der Waals surface area (Å²) in [6, 6.07) is 18.4. The number of thiocarbonyl (C=S) groups is 1. The minimum absolute atomic E-state index is 0.136. The standard InChI is InChI=1S/C22H16FN3O2S/c1-13-16(21-24-18-6-2-3-8-19(18)28-21)5-4-7-17(13)25-22(29)26-20(27)14-9-11-15(23)12-10-14/h2-12H,1H3,(H2,25,26,27,29). The molecule has 2 N–H and O–H groups in total. The molecule has 1 heterocycles. The first-order chi connectivity index (χ1) is 14.0. The molecule has 0 atom stereocenters. The number of nitrogens with zero attached hydrogens (tertiary/aromatic N) is 1. The van der Waals surface area contributed by atoms with Crippen molar-refractivity contribution in [3.8, 4) is 11.5 Å². The van der Waals surface area contributed by atoms with Gasteiger partial charge in [-0.2, -0.15) is 0 Å². The van der Waals surface area contributed by atoms with Gasteiger partial charge in [-0.1, -0.05) is 18.2 Å². The monoisotopic (exact) mass is 405 g/mol. The Morgan fingerprint density at radius 2 is 1.79 bits per heavy atom. The predicted molar refractivity (Wildman–Crippen MR) is 114 cm³/mol. The first-order valence-corrected chi connectivity index (χ1v) is 9.25. The second kappa shape index (κ2) is 7.81. The summed E-state index contributed by atoms with van der Waals surface area (Å²) in [4.78, 5) is 16.8. The number of nitrogens with one attached hydrogen (secondary N) is 2. The Bertz CT molecular complexity index is 1190. The van der Waals surface area contributed by atoms with Gasteiger partial charge in [-0.15, -0.1) is 0 Å². The number of para-hydroxylation sites is 2. The van der Waals surface area contributed by atoms with Crippen molar-refractivity contribution in [2.45, 2.75) is 6.92 Å². The van der Waals surface area contributed by atoms with Crippen molar-refractivity contribution in [1.29, 1.82) is 0 Å². The number of amides is 1. The minimum Gasteiger partial charge on any atom is -0.436 e. The van der Waals surface area contributed by atoms with Gasteiger partial charge >= 0.3 is 0 Å². The average molecular weight is 405 g/mol. The second-order valence-corrected chi connectivity index (χ2v) is 6.79. The Kier molecular flexibility index (Phi) is 5.05. The van der Waals surface area contributed by atoms with E-state index in [1.807, 2.05) is 49.4 Å². The van der Waals surface area contributed by atoms with Crippen molar-refractivity contribution >= 4 is 40.0 Å². The Labute approximate surface area is 171 Å². The maximum Gasteiger partial charge on any atom is 0.257 e. The lowest BCUT2D eigenvalue weighted by atomic mass is 10.1. The molecule has 0 aliphatic carbocycles. The number of fused-ring (bicyclic) bond motifs is 1. The van der Waals surface area contributed by atoms with Gasteiger partial charge in [-0.25, -0.2) is 9.37 Å². The van der Waals surface area contributed by atoms with Gasteiger partial charge in [0.2, 0.25) is 5.89 Å². The third-order valence-electron chi connectivity index (χ3n) is 4.44. The first-order valence-electron chi connectivity index (χ1n) is 8.85. The van der Waals surface area contributed by atoms with Gasteiger partial charge in [0.25, 0.3) is 5.91 Å². The lowest BCUT2D eigenvalue weighted by Gasteiger charge is -2.13. The normalized spacial score (nSPS) is 10.7. The number of carbonyl (C=O) groups is 1. The molecule has 0 unspecified atom stereocenters. The number of hydrogen-bond donors (Lipinski definition) is 2. The van der Waals surface area contributed by atoms with Gasteiger partial charge in [-0.05, 0) is 73.2 Å². The van der Waals surface area contributed by atoms with Gasteiger partial charge in [0.1, 0.15) is 11.3 Å². The van der Waals surface area contributed by atoms with Crippen molar-refractivity contribution in [3.63, 3.8) is 0 Å². The highest BCUT2D eigenvalue weighted by Crippen LogP contribution is 2.30. The average Bonchev–Trinajstić information content (AvgIpc) is 3.14. The maximum atomic E-state index is 13.0. The van der Waals surface area contributed by atoms with Crippen LogP contribution < -0.4 is 10.6 Å². The molecular formula is C22H16FN3O2S. The third kappa shape index (κ3) is 4.00. The summed E-state index contributed by atoms with van der Waals surface area (Å²) in [5, 5.41) is 5.75. The lowest BCUT2D eigenvalue weighted by Crippen LogP contribution is -2.34. The summed E-state index contributed by atoms with van der Waals surface area (Å²) in [5.74, 6) is -0.322. The molecule has 1 aromatic heterocycles. The van der Waals surface area contributed by atoms with Crippen LogP contribution in [0.3, 0.4) is 0 Å². The molecule has 0 radical (unpaired) electrons. The number of halogens is 1. The molecule has 0 saturated carbocycles. The van der Waals surface area contributed by atoms with E-state index in [4.69, 9.17) is 16.6 Å². The second-order valence-electron chi connectivity index (χ2n) is 6.38. The largest absolute Gasteiger partial charge is 0.436 e. The highest BCUT2D eigenvalue weighted by Gasteiger charge is 2.14. The number of carbonyl (C=O) groups excluding carboxylic acids is 1. The fraction of sp³-hybridized carbons (Fsp3) is 0.0455. The van der Waals surface area contributed by atoms with Crippen LogP contribution in [-0.2, 0) is 0 Å². The highest BCUT2D eigenvalue weighted by molar-refractivity contribution is 7.80. The van der Waals surface area contributed by atoms with Crippen LogP contribution in [0, 0.1) is 12.7 Å². The quantitative estimate of drug-likeness (QED) is 0.466. The van der Waals surface area contributed by atoms with Gasteiger partial charge in [0, 0.05) is 16.8 Å². The summed E-state index contributed by atoms with van der Waals surface area (Å²) in [6.45, 7) is 1.91. The zero-order valence-electron chi connectivity index (χ0n) is 15.4. The number of hydrogen-bond acceptors (Lipinski definition) is 4. The van der Waals surface area contributed by atoms with E-state index >= 15 is 0 Å². The Morgan fingerprint density at radius 1 is 1.03 bits per heavy atom. The van der Waals surface area contributed by atoms with Crippen LogP contribution >= 0.6 is 12.2 Å². The fourth-order valence-corrected chi connectivity index (χ4v) is 3.12. The molecule has 144 valence electrons. The van der Waals surface area contributed by atoms with Crippen molar-refractivity contribution in [2.75, 3.05) is 5.32 Å². The van der Waals surface area contributed by atoms with E-state index in [0.717, 1.165) is 16.6 Å². The molecule has 0 spiro atoms. The smallest absolute Gasteiger partial charge is 0.257 e. The molecule has 29 heavy (non-hydrogen) atoms. The first kappa shape index (κ1) is 18.8. The van der Waals surface area contributed by atoms with Crippen molar-refractivity contribution in [3.05, 3.63) is 83.7 Å². The zero-order valence-corrected chi connectivity index (χ0v) is 16.2. The van der Waals surface area contributed by atoms with Crippen LogP contribution in [0.15, 0.2) is 71.1 Å². The Hall–Kier alpha value is -3.58. The summed E-state index contributed by atoms with van der Waals surface area (Å²) in [6.07, 6.45) is 0. The van der Waals surface area contributed by atoms with Crippen LogP contribution in [0.4, 0.5) is 10.1 Å². The number of rotatable bonds is 3. The predicted octanol–water partition coefficient (Wildman–Crippen LogP) is 5.07. The summed E-state index contributed by atoms with van der Waals surface area (Å²) in [5.41, 5.74) is 4.21. The molecule has 0 fully saturated rings. The maximum absolute atomic E-state index is 13.0. The number of benzene rings is 3. The van der Waals surface area contributed by atoms with Crippen LogP contribution in [0.25, 0.3) is 22.6 Å². The molecule has 0 aliphatic rings. The van der Waals surface area contributed by atoms with Crippen molar-refractivity contribution < 1.29 is 13.6 Å². The van der Waals surface area contributed by atoms with E-state index in [1.165, 1.54) is 24.3 Å². The van der Waals surface area contributed by atoms with Crippen LogP contribution in [0.5, 0.6) is 0 Å². The van der Waals surface area contributed by atoms with E-state index in [1.54, 1.807) is 0 Å². The van der Waals surface area contributed by atoms with Crippen molar-refractivity contribution in [2.24, 2.45) is 0 Å². The Morgan fingerprint density at radius 3 is 2.55 bits per heavy atom. The third-order valence-corrected chi connectivity index (χ3v) is 4.64. The number of oxazole rings is 1. The topological polar surface area (TPSA) is 67.2 Å². The molecule has 0 saturated heterocycles. The lowest BCUT2D eigenvalue weighted by molar-refractivity contribution is 0.0977. The van der Waals surface area contributed by atoms with Crippen LogP contribution in [0.1, 0.15) is 15.9 Å². The molecule has 0 bridgehead atoms. The van der Waals surface area contributed by atoms with E-state index < -0.39 is 11.7 Å². The van der Waals surface area contributed by atoms with E-state index in [0.29, 0.717) is 22.7 Å². The molecule has 3 aromatic carbocycles. The minimum atomic E-state index is -0.421.